The van der Waals surface area contributed by atoms with E-state index >= 15 is 4.39 Å². The number of morpholine rings is 1. The van der Waals surface area contributed by atoms with Crippen LogP contribution in [0.3, 0.4) is 0 Å². The first kappa shape index (κ1) is 31.4. The maximum Gasteiger partial charge on any atom is 0.407 e. The molecule has 4 aliphatic heterocycles. The van der Waals surface area contributed by atoms with E-state index in [2.05, 4.69) is 20.5 Å². The van der Waals surface area contributed by atoms with Gasteiger partial charge in [0.2, 0.25) is 0 Å². The van der Waals surface area contributed by atoms with Crippen LogP contribution in [0.1, 0.15) is 91.4 Å². The number of hydrogen-bond acceptors (Lipinski definition) is 8. The highest BCUT2D eigenvalue weighted by Gasteiger charge is 2.61. The van der Waals surface area contributed by atoms with E-state index < -0.39 is 35.9 Å². The van der Waals surface area contributed by atoms with Crippen LogP contribution in [0, 0.1) is 17.8 Å². The van der Waals surface area contributed by atoms with Gasteiger partial charge < -0.3 is 19.7 Å². The largest absolute Gasteiger partial charge is 0.444 e. The highest BCUT2D eigenvalue weighted by atomic mass is 19.1. The predicted molar refractivity (Wildman–Crippen MR) is 166 cm³/mol. The minimum absolute atomic E-state index is 0.0619. The van der Waals surface area contributed by atoms with Gasteiger partial charge in [-0.05, 0) is 71.1 Å². The summed E-state index contributed by atoms with van der Waals surface area (Å²) in [6.07, 6.45) is 10.4. The number of hydrogen-bond donors (Lipinski definition) is 2. The second-order valence-electron chi connectivity index (χ2n) is 15.8. The van der Waals surface area contributed by atoms with Gasteiger partial charge in [-0.2, -0.15) is 0 Å². The molecular weight excluding hydrogens is 577 g/mol. The van der Waals surface area contributed by atoms with Crippen LogP contribution < -0.4 is 10.7 Å². The molecule has 2 N–H and O–H groups in total. The summed E-state index contributed by atoms with van der Waals surface area (Å²) in [5, 5.41) is 4.90. The molecule has 0 aromatic rings. The van der Waals surface area contributed by atoms with Gasteiger partial charge in [-0.15, -0.1) is 0 Å². The van der Waals surface area contributed by atoms with E-state index in [4.69, 9.17) is 9.47 Å². The average molecular weight is 630 g/mol. The van der Waals surface area contributed by atoms with Crippen LogP contribution in [0.25, 0.3) is 0 Å². The van der Waals surface area contributed by atoms with Gasteiger partial charge in [0.15, 0.2) is 5.78 Å². The van der Waals surface area contributed by atoms with Gasteiger partial charge in [-0.3, -0.25) is 19.9 Å². The summed E-state index contributed by atoms with van der Waals surface area (Å²) >= 11 is 0. The van der Waals surface area contributed by atoms with Crippen LogP contribution in [0.5, 0.6) is 0 Å². The molecule has 4 heterocycles. The van der Waals surface area contributed by atoms with E-state index in [1.807, 2.05) is 32.0 Å². The SMILES string of the molecule is CC(C)(C)OC(=O)NC1CCN(C2C(F)CC3C(=O)C(C(=O)NN4CCCCC4)=CN4C5CC6CCCCC6CC5OC2C34)C1. The van der Waals surface area contributed by atoms with Gasteiger partial charge in [0.1, 0.15) is 11.8 Å². The van der Waals surface area contributed by atoms with Crippen LogP contribution in [-0.4, -0.2) is 107 Å². The van der Waals surface area contributed by atoms with Gasteiger partial charge in [0, 0.05) is 44.3 Å². The molecule has 10 unspecified atom stereocenters. The summed E-state index contributed by atoms with van der Waals surface area (Å²) in [7, 11) is 0. The van der Waals surface area contributed by atoms with E-state index in [0.717, 1.165) is 45.2 Å². The molecule has 2 amide bonds. The van der Waals surface area contributed by atoms with Crippen LogP contribution in [-0.2, 0) is 19.1 Å². The molecule has 10 atom stereocenters. The Balaban J connectivity index is 1.15. The lowest BCUT2D eigenvalue weighted by Gasteiger charge is -2.61. The molecule has 7 rings (SSSR count). The third-order valence-electron chi connectivity index (χ3n) is 11.7. The number of nitrogens with zero attached hydrogens (tertiary/aromatic N) is 3. The van der Waals surface area contributed by atoms with Crippen LogP contribution in [0.2, 0.25) is 0 Å². The Hall–Kier alpha value is -2.24. The van der Waals surface area contributed by atoms with Crippen molar-refractivity contribution in [2.24, 2.45) is 17.8 Å². The molecule has 10 nitrogen and oxygen atoms in total. The number of fused-ring (bicyclic) bond motifs is 3. The number of piperidine rings is 1. The molecule has 0 bridgehead atoms. The second-order valence-corrected chi connectivity index (χ2v) is 15.8. The molecule has 7 aliphatic rings. The summed E-state index contributed by atoms with van der Waals surface area (Å²) in [5.74, 6) is -0.00359. The molecule has 0 spiro atoms. The van der Waals surface area contributed by atoms with Crippen LogP contribution >= 0.6 is 0 Å². The number of hydrazine groups is 1. The maximum absolute atomic E-state index is 16.5. The third kappa shape index (κ3) is 6.25. The normalized spacial score (nSPS) is 40.5. The van der Waals surface area contributed by atoms with Crippen molar-refractivity contribution in [2.75, 3.05) is 26.2 Å². The zero-order valence-corrected chi connectivity index (χ0v) is 27.2. The predicted octanol–water partition coefficient (Wildman–Crippen LogP) is 3.70. The summed E-state index contributed by atoms with van der Waals surface area (Å²) in [6, 6.07) is -0.891. The average Bonchev–Trinajstić information content (AvgIpc) is 3.44. The molecule has 3 saturated heterocycles. The first-order chi connectivity index (χ1) is 21.6. The molecule has 45 heavy (non-hydrogen) atoms. The van der Waals surface area contributed by atoms with E-state index in [0.29, 0.717) is 31.3 Å². The Morgan fingerprint density at radius 3 is 2.42 bits per heavy atom. The molecule has 0 radical (unpaired) electrons. The first-order valence-corrected chi connectivity index (χ1v) is 17.7. The lowest BCUT2D eigenvalue weighted by atomic mass is 9.64. The van der Waals surface area contributed by atoms with Crippen molar-refractivity contribution in [3.05, 3.63) is 11.8 Å². The number of carbonyl (C=O) groups excluding carboxylic acids is 3. The first-order valence-electron chi connectivity index (χ1n) is 17.7. The Labute approximate surface area is 266 Å². The van der Waals surface area contributed by atoms with E-state index in [1.54, 1.807) is 0 Å². The van der Waals surface area contributed by atoms with E-state index in [9.17, 15) is 14.4 Å². The topological polar surface area (TPSA) is 103 Å². The van der Waals surface area contributed by atoms with Gasteiger partial charge in [-0.25, -0.2) is 14.2 Å². The number of alkyl carbamates (subject to hydrolysis) is 1. The highest BCUT2D eigenvalue weighted by Crippen LogP contribution is 2.51. The maximum atomic E-state index is 16.5. The molecule has 11 heteroatoms. The fraction of sp³-hybridized carbons (Fsp3) is 0.853. The summed E-state index contributed by atoms with van der Waals surface area (Å²) < 4.78 is 29.0. The molecule has 0 aromatic carbocycles. The highest BCUT2D eigenvalue weighted by molar-refractivity contribution is 6.20. The zero-order chi connectivity index (χ0) is 31.5. The van der Waals surface area contributed by atoms with Crippen LogP contribution in [0.4, 0.5) is 9.18 Å². The number of halogens is 1. The lowest BCUT2D eigenvalue weighted by molar-refractivity contribution is -0.219. The van der Waals surface area contributed by atoms with Crippen molar-refractivity contribution < 1.29 is 28.2 Å². The van der Waals surface area contributed by atoms with Gasteiger partial charge in [0.05, 0.1) is 35.9 Å². The minimum Gasteiger partial charge on any atom is -0.444 e. The number of carbonyl (C=O) groups is 3. The molecule has 3 aliphatic carbocycles. The third-order valence-corrected chi connectivity index (χ3v) is 11.7. The molecule has 3 saturated carbocycles. The molecule has 0 aromatic heterocycles. The summed E-state index contributed by atoms with van der Waals surface area (Å²) in [4.78, 5) is 44.6. The quantitative estimate of drug-likeness (QED) is 0.454. The summed E-state index contributed by atoms with van der Waals surface area (Å²) in [6.45, 7) is 8.21. The van der Waals surface area contributed by atoms with Crippen molar-refractivity contribution >= 4 is 17.8 Å². The Morgan fingerprint density at radius 1 is 0.956 bits per heavy atom. The zero-order valence-electron chi connectivity index (χ0n) is 27.2. The Morgan fingerprint density at radius 2 is 1.69 bits per heavy atom. The fourth-order valence-electron chi connectivity index (χ4n) is 9.73. The molecule has 6 fully saturated rings. The summed E-state index contributed by atoms with van der Waals surface area (Å²) in [5.41, 5.74) is 2.58. The number of likely N-dealkylation sites (tertiary alicyclic amines) is 1. The number of ketones is 1. The van der Waals surface area contributed by atoms with Gasteiger partial charge in [-0.1, -0.05) is 32.1 Å². The lowest BCUT2D eigenvalue weighted by Crippen LogP contribution is -2.73. The van der Waals surface area contributed by atoms with Gasteiger partial charge in [0.25, 0.3) is 5.91 Å². The van der Waals surface area contributed by atoms with Crippen molar-refractivity contribution in [1.29, 1.82) is 0 Å². The van der Waals surface area contributed by atoms with Crippen molar-refractivity contribution in [1.82, 2.24) is 25.6 Å². The number of alkyl halides is 1. The number of amides is 2. The van der Waals surface area contributed by atoms with Crippen molar-refractivity contribution in [3.63, 3.8) is 0 Å². The Bertz CT molecular complexity index is 1190. The minimum atomic E-state index is -1.28. The van der Waals surface area contributed by atoms with Gasteiger partial charge >= 0.3 is 6.09 Å². The van der Waals surface area contributed by atoms with Crippen molar-refractivity contribution in [3.8, 4) is 0 Å². The fourth-order valence-corrected chi connectivity index (χ4v) is 9.73. The van der Waals surface area contributed by atoms with Crippen molar-refractivity contribution in [2.45, 2.75) is 140 Å². The molecule has 250 valence electrons. The van der Waals surface area contributed by atoms with E-state index in [1.165, 1.54) is 25.7 Å². The van der Waals surface area contributed by atoms with E-state index in [-0.39, 0.29) is 47.9 Å². The monoisotopic (exact) mass is 629 g/mol. The number of Topliss-reactive ketones (excluding diaryl/α,β-unsaturated/α-hetero) is 1. The smallest absolute Gasteiger partial charge is 0.407 e. The standard InChI is InChI=1S/C34H52FN5O5/c1-34(2,3)45-33(43)36-22-11-14-38(18-22)29-25(35)17-23-28-31(29)44-27-16-21-10-6-5-9-20(21)15-26(27)40(28)19-24(30(23)41)32(42)37-39-12-7-4-8-13-39/h19-23,25-29,31H,4-18H2,1-3H3,(H,36,43)(H,37,42). The second kappa shape index (κ2) is 12.4. The number of rotatable bonds is 4. The number of ether oxygens (including phenoxy) is 2. The Kier molecular flexibility index (Phi) is 8.65. The number of nitrogens with one attached hydrogen (secondary N) is 2. The van der Waals surface area contributed by atoms with Crippen LogP contribution in [0.15, 0.2) is 11.8 Å². The molecular formula is C34H52FN5O5.